The molecule has 0 radical (unpaired) electrons. The van der Waals surface area contributed by atoms with Crippen molar-refractivity contribution in [3.63, 3.8) is 0 Å². The average Bonchev–Trinajstić information content (AvgIpc) is 2.75. The summed E-state index contributed by atoms with van der Waals surface area (Å²) >= 11 is 0. The van der Waals surface area contributed by atoms with Crippen molar-refractivity contribution in [1.29, 1.82) is 0 Å². The Morgan fingerprint density at radius 2 is 2.05 bits per heavy atom. The van der Waals surface area contributed by atoms with Gasteiger partial charge in [0.2, 0.25) is 5.76 Å². The second-order valence-electron chi connectivity index (χ2n) is 4.12. The molecule has 1 aliphatic rings. The van der Waals surface area contributed by atoms with Crippen LogP contribution in [0.1, 0.15) is 18.6 Å². The number of benzene rings is 1. The largest absolute Gasteiger partial charge is 0.501 e. The van der Waals surface area contributed by atoms with Crippen molar-refractivity contribution in [2.75, 3.05) is 6.61 Å². The van der Waals surface area contributed by atoms with E-state index in [1.54, 1.807) is 6.92 Å². The van der Waals surface area contributed by atoms with E-state index in [9.17, 15) is 24.8 Å². The Bertz CT molecular complexity index is 632. The van der Waals surface area contributed by atoms with Gasteiger partial charge in [-0.2, -0.15) is 0 Å². The average molecular weight is 293 g/mol. The minimum Gasteiger partial charge on any atom is -0.501 e. The molecule has 1 heterocycles. The Balaban J connectivity index is 2.36. The van der Waals surface area contributed by atoms with Crippen LogP contribution in [0.15, 0.2) is 35.6 Å². The molecular formula is C13H11NO7. The van der Waals surface area contributed by atoms with Crippen LogP contribution in [0.2, 0.25) is 0 Å². The number of non-ortho nitro benzene ring substituents is 1. The highest BCUT2D eigenvalue weighted by Gasteiger charge is 2.40. The monoisotopic (exact) mass is 293 g/mol. The lowest BCUT2D eigenvalue weighted by Crippen LogP contribution is -2.14. The standard InChI is InChI=1S/C13H11NO7/c1-2-20-12(16)9-10(15)13(17)21-11(9)7-3-5-8(6-4-7)14(18)19/h3-6,11,15H,2H2,1H3. The van der Waals surface area contributed by atoms with E-state index in [0.717, 1.165) is 0 Å². The van der Waals surface area contributed by atoms with E-state index in [4.69, 9.17) is 9.47 Å². The van der Waals surface area contributed by atoms with E-state index in [0.29, 0.717) is 5.56 Å². The third-order valence-corrected chi connectivity index (χ3v) is 2.84. The number of cyclic esters (lactones) is 1. The molecule has 8 nitrogen and oxygen atoms in total. The molecule has 0 saturated heterocycles. The zero-order chi connectivity index (χ0) is 15.6. The molecule has 0 bridgehead atoms. The number of ether oxygens (including phenoxy) is 2. The molecule has 110 valence electrons. The molecule has 1 unspecified atom stereocenters. The predicted octanol–water partition coefficient (Wildman–Crippen LogP) is 1.57. The van der Waals surface area contributed by atoms with Crippen LogP contribution >= 0.6 is 0 Å². The fourth-order valence-electron chi connectivity index (χ4n) is 1.87. The quantitative estimate of drug-likeness (QED) is 0.508. The smallest absolute Gasteiger partial charge is 0.375 e. The number of rotatable bonds is 4. The molecule has 0 saturated carbocycles. The first kappa shape index (κ1) is 14.5. The summed E-state index contributed by atoms with van der Waals surface area (Å²) in [5.41, 5.74) is -0.134. The first-order valence-corrected chi connectivity index (χ1v) is 6.01. The van der Waals surface area contributed by atoms with Crippen molar-refractivity contribution in [3.8, 4) is 0 Å². The normalized spacial score (nSPS) is 17.6. The number of carbonyl (C=O) groups excluding carboxylic acids is 2. The summed E-state index contributed by atoms with van der Waals surface area (Å²) in [6.07, 6.45) is -1.14. The molecule has 0 aromatic heterocycles. The fraction of sp³-hybridized carbons (Fsp3) is 0.231. The Morgan fingerprint density at radius 3 is 2.57 bits per heavy atom. The van der Waals surface area contributed by atoms with Crippen LogP contribution in [0.4, 0.5) is 5.69 Å². The summed E-state index contributed by atoms with van der Waals surface area (Å²) in [6.45, 7) is 1.64. The molecule has 0 fully saturated rings. The molecule has 1 aliphatic heterocycles. The van der Waals surface area contributed by atoms with Crippen LogP contribution in [0.3, 0.4) is 0 Å². The third kappa shape index (κ3) is 2.69. The highest BCUT2D eigenvalue weighted by atomic mass is 16.6. The van der Waals surface area contributed by atoms with Crippen molar-refractivity contribution >= 4 is 17.6 Å². The maximum absolute atomic E-state index is 11.8. The maximum atomic E-state index is 11.8. The molecule has 21 heavy (non-hydrogen) atoms. The van der Waals surface area contributed by atoms with Crippen molar-refractivity contribution in [2.45, 2.75) is 13.0 Å². The van der Waals surface area contributed by atoms with Crippen molar-refractivity contribution in [1.82, 2.24) is 0 Å². The topological polar surface area (TPSA) is 116 Å². The van der Waals surface area contributed by atoms with E-state index in [1.807, 2.05) is 0 Å². The molecule has 8 heteroatoms. The summed E-state index contributed by atoms with van der Waals surface area (Å²) in [5.74, 6) is -2.72. The number of nitro groups is 1. The van der Waals surface area contributed by atoms with E-state index in [2.05, 4.69) is 0 Å². The molecule has 0 amide bonds. The number of carbonyl (C=O) groups is 2. The molecule has 2 rings (SSSR count). The van der Waals surface area contributed by atoms with Gasteiger partial charge in [0.1, 0.15) is 5.57 Å². The maximum Gasteiger partial charge on any atom is 0.375 e. The van der Waals surface area contributed by atoms with Crippen molar-refractivity contribution in [2.24, 2.45) is 0 Å². The number of aliphatic hydroxyl groups is 1. The fourth-order valence-corrected chi connectivity index (χ4v) is 1.87. The van der Waals surface area contributed by atoms with Crippen LogP contribution in [0.25, 0.3) is 0 Å². The van der Waals surface area contributed by atoms with Gasteiger partial charge >= 0.3 is 11.9 Å². The number of hydrogen-bond donors (Lipinski definition) is 1. The van der Waals surface area contributed by atoms with Crippen LogP contribution in [0.5, 0.6) is 0 Å². The van der Waals surface area contributed by atoms with E-state index in [1.165, 1.54) is 24.3 Å². The van der Waals surface area contributed by atoms with Gasteiger partial charge in [0.15, 0.2) is 6.10 Å². The second kappa shape index (κ2) is 5.61. The first-order chi connectivity index (χ1) is 9.95. The Kier molecular flexibility index (Phi) is 3.88. The van der Waals surface area contributed by atoms with Gasteiger partial charge in [0, 0.05) is 12.1 Å². The summed E-state index contributed by atoms with van der Waals surface area (Å²) in [4.78, 5) is 33.2. The zero-order valence-corrected chi connectivity index (χ0v) is 10.9. The van der Waals surface area contributed by atoms with Crippen LogP contribution in [-0.4, -0.2) is 28.6 Å². The highest BCUT2D eigenvalue weighted by molar-refractivity contribution is 6.02. The van der Waals surface area contributed by atoms with Gasteiger partial charge in [-0.05, 0) is 24.6 Å². The van der Waals surface area contributed by atoms with Crippen molar-refractivity contribution in [3.05, 3.63) is 51.3 Å². The highest BCUT2D eigenvalue weighted by Crippen LogP contribution is 2.35. The minimum atomic E-state index is -1.14. The molecule has 1 atom stereocenters. The lowest BCUT2D eigenvalue weighted by atomic mass is 10.0. The number of esters is 2. The van der Waals surface area contributed by atoms with Gasteiger partial charge in [0.25, 0.3) is 5.69 Å². The van der Waals surface area contributed by atoms with Gasteiger partial charge < -0.3 is 14.6 Å². The van der Waals surface area contributed by atoms with Crippen LogP contribution in [-0.2, 0) is 19.1 Å². The number of nitro benzene ring substituents is 1. The number of nitrogens with zero attached hydrogens (tertiary/aromatic N) is 1. The molecule has 1 aromatic carbocycles. The van der Waals surface area contributed by atoms with Gasteiger partial charge in [-0.1, -0.05) is 0 Å². The molecule has 0 spiro atoms. The minimum absolute atomic E-state index is 0.0663. The van der Waals surface area contributed by atoms with E-state index in [-0.39, 0.29) is 17.9 Å². The van der Waals surface area contributed by atoms with Gasteiger partial charge in [-0.15, -0.1) is 0 Å². The summed E-state index contributed by atoms with van der Waals surface area (Å²) in [6, 6.07) is 5.10. The lowest BCUT2D eigenvalue weighted by molar-refractivity contribution is -0.384. The SMILES string of the molecule is CCOC(=O)C1=C(O)C(=O)OC1c1ccc([N+](=O)[O-])cc1. The van der Waals surface area contributed by atoms with E-state index < -0.39 is 28.7 Å². The second-order valence-corrected chi connectivity index (χ2v) is 4.12. The molecule has 0 aliphatic carbocycles. The summed E-state index contributed by atoms with van der Waals surface area (Å²) in [5, 5.41) is 20.2. The van der Waals surface area contributed by atoms with Gasteiger partial charge in [0.05, 0.1) is 11.5 Å². The van der Waals surface area contributed by atoms with Crippen LogP contribution < -0.4 is 0 Å². The Morgan fingerprint density at radius 1 is 1.43 bits per heavy atom. The zero-order valence-electron chi connectivity index (χ0n) is 10.9. The predicted molar refractivity (Wildman–Crippen MR) is 68.2 cm³/mol. The number of aliphatic hydroxyl groups excluding tert-OH is 1. The Hall–Kier alpha value is -2.90. The van der Waals surface area contributed by atoms with Gasteiger partial charge in [-0.3, -0.25) is 10.1 Å². The van der Waals surface area contributed by atoms with Crippen molar-refractivity contribution < 1.29 is 29.1 Å². The Labute approximate surface area is 118 Å². The molecular weight excluding hydrogens is 282 g/mol. The van der Waals surface area contributed by atoms with Gasteiger partial charge in [-0.25, -0.2) is 9.59 Å². The third-order valence-electron chi connectivity index (χ3n) is 2.84. The molecule has 1 aromatic rings. The van der Waals surface area contributed by atoms with E-state index >= 15 is 0 Å². The number of hydrogen-bond acceptors (Lipinski definition) is 7. The van der Waals surface area contributed by atoms with Crippen LogP contribution in [0, 0.1) is 10.1 Å². The summed E-state index contributed by atoms with van der Waals surface area (Å²) in [7, 11) is 0. The lowest BCUT2D eigenvalue weighted by Gasteiger charge is -2.12. The molecule has 1 N–H and O–H groups in total. The first-order valence-electron chi connectivity index (χ1n) is 6.01. The summed E-state index contributed by atoms with van der Waals surface area (Å²) < 4.78 is 9.67.